The summed E-state index contributed by atoms with van der Waals surface area (Å²) < 4.78 is 5.59. The van der Waals surface area contributed by atoms with Gasteiger partial charge in [-0.05, 0) is 30.4 Å². The Hall–Kier alpha value is -2.21. The number of anilines is 3. The van der Waals surface area contributed by atoms with Crippen molar-refractivity contribution in [3.63, 3.8) is 0 Å². The third kappa shape index (κ3) is 4.16. The molecule has 1 unspecified atom stereocenters. The topological polar surface area (TPSA) is 72.0 Å². The largest absolute Gasteiger partial charge is 0.376 e. The molecule has 1 saturated heterocycles. The van der Waals surface area contributed by atoms with Crippen LogP contribution >= 0.6 is 0 Å². The second kappa shape index (κ2) is 7.37. The molecule has 1 aromatic heterocycles. The molecule has 1 aliphatic heterocycles. The lowest BCUT2D eigenvalue weighted by atomic mass is 10.0. The minimum absolute atomic E-state index is 0.247. The van der Waals surface area contributed by atoms with E-state index < -0.39 is 0 Å². The Kier molecular flexibility index (Phi) is 5.02. The van der Waals surface area contributed by atoms with Gasteiger partial charge in [-0.3, -0.25) is 0 Å². The number of nitrogens with one attached hydrogen (secondary N) is 2. The van der Waals surface area contributed by atoms with E-state index in [-0.39, 0.29) is 6.10 Å². The molecule has 1 aliphatic rings. The van der Waals surface area contributed by atoms with Crippen molar-refractivity contribution in [1.29, 1.82) is 0 Å². The minimum atomic E-state index is 0.247. The van der Waals surface area contributed by atoms with E-state index >= 15 is 0 Å². The van der Waals surface area contributed by atoms with Crippen molar-refractivity contribution in [3.05, 3.63) is 36.0 Å². The van der Waals surface area contributed by atoms with E-state index in [0.29, 0.717) is 24.2 Å². The summed E-state index contributed by atoms with van der Waals surface area (Å²) in [6.07, 6.45) is 4.09. The summed E-state index contributed by atoms with van der Waals surface area (Å²) in [7, 11) is 0. The van der Waals surface area contributed by atoms with Gasteiger partial charge in [0.05, 0.1) is 12.3 Å². The van der Waals surface area contributed by atoms with E-state index in [1.165, 1.54) is 5.56 Å². The number of benzene rings is 1. The number of hydrogen-bond acceptors (Lipinski definition) is 6. The zero-order chi connectivity index (χ0) is 16.1. The summed E-state index contributed by atoms with van der Waals surface area (Å²) in [5.41, 5.74) is 2.30. The van der Waals surface area contributed by atoms with Crippen LogP contribution in [-0.2, 0) is 4.74 Å². The Morgan fingerprint density at radius 1 is 1.30 bits per heavy atom. The summed E-state index contributed by atoms with van der Waals surface area (Å²) in [6, 6.07) is 8.24. The highest BCUT2D eigenvalue weighted by atomic mass is 16.5. The van der Waals surface area contributed by atoms with Crippen LogP contribution in [0.15, 0.2) is 30.5 Å². The van der Waals surface area contributed by atoms with Crippen LogP contribution in [0.3, 0.4) is 0 Å². The Morgan fingerprint density at radius 3 is 2.96 bits per heavy atom. The van der Waals surface area contributed by atoms with E-state index in [2.05, 4.69) is 51.8 Å². The maximum Gasteiger partial charge on any atom is 0.244 e. The van der Waals surface area contributed by atoms with Gasteiger partial charge in [0.25, 0.3) is 0 Å². The second-order valence-electron chi connectivity index (χ2n) is 6.05. The van der Waals surface area contributed by atoms with Crippen molar-refractivity contribution in [3.8, 4) is 0 Å². The molecule has 0 bridgehead atoms. The Balaban J connectivity index is 1.67. The van der Waals surface area contributed by atoms with Crippen LogP contribution in [0.1, 0.15) is 38.2 Å². The van der Waals surface area contributed by atoms with Crippen LogP contribution in [0.2, 0.25) is 0 Å². The van der Waals surface area contributed by atoms with Crippen LogP contribution in [0, 0.1) is 0 Å². The van der Waals surface area contributed by atoms with Crippen molar-refractivity contribution in [2.75, 3.05) is 23.8 Å². The summed E-state index contributed by atoms with van der Waals surface area (Å²) in [5, 5.41) is 14.6. The number of aromatic nitrogens is 3. The first-order valence-electron chi connectivity index (χ1n) is 8.13. The summed E-state index contributed by atoms with van der Waals surface area (Å²) >= 11 is 0. The van der Waals surface area contributed by atoms with Gasteiger partial charge in [-0.15, -0.1) is 5.10 Å². The third-order valence-corrected chi connectivity index (χ3v) is 3.92. The lowest BCUT2D eigenvalue weighted by Crippen LogP contribution is -2.20. The third-order valence-electron chi connectivity index (χ3n) is 3.92. The van der Waals surface area contributed by atoms with Crippen molar-refractivity contribution in [1.82, 2.24) is 15.2 Å². The molecule has 0 aliphatic carbocycles. The maximum atomic E-state index is 5.59. The van der Waals surface area contributed by atoms with Crippen molar-refractivity contribution >= 4 is 17.5 Å². The zero-order valence-electron chi connectivity index (χ0n) is 13.6. The van der Waals surface area contributed by atoms with Crippen molar-refractivity contribution < 1.29 is 4.74 Å². The van der Waals surface area contributed by atoms with Gasteiger partial charge in [-0.1, -0.05) is 32.0 Å². The first kappa shape index (κ1) is 15.7. The quantitative estimate of drug-likeness (QED) is 0.852. The van der Waals surface area contributed by atoms with Gasteiger partial charge in [-0.25, -0.2) is 0 Å². The highest BCUT2D eigenvalue weighted by Gasteiger charge is 2.15. The molecule has 1 fully saturated rings. The van der Waals surface area contributed by atoms with Crippen LogP contribution in [0.4, 0.5) is 17.5 Å². The molecule has 2 heterocycles. The van der Waals surface area contributed by atoms with Gasteiger partial charge in [0.15, 0.2) is 5.82 Å². The predicted octanol–water partition coefficient (Wildman–Crippen LogP) is 3.33. The van der Waals surface area contributed by atoms with E-state index in [1.54, 1.807) is 6.20 Å². The predicted molar refractivity (Wildman–Crippen MR) is 91.1 cm³/mol. The lowest BCUT2D eigenvalue weighted by Gasteiger charge is -2.14. The molecule has 23 heavy (non-hydrogen) atoms. The molecule has 6 nitrogen and oxygen atoms in total. The van der Waals surface area contributed by atoms with Gasteiger partial charge in [0.2, 0.25) is 5.95 Å². The molecule has 2 N–H and O–H groups in total. The fraction of sp³-hybridized carbons (Fsp3) is 0.471. The summed E-state index contributed by atoms with van der Waals surface area (Å²) in [5.74, 6) is 1.64. The molecule has 0 saturated carbocycles. The SMILES string of the molecule is CC(C)c1ccccc1Nc1cnnc(NCC2CCCO2)n1. The fourth-order valence-corrected chi connectivity index (χ4v) is 2.70. The molecule has 2 aromatic rings. The van der Waals surface area contributed by atoms with Gasteiger partial charge >= 0.3 is 0 Å². The van der Waals surface area contributed by atoms with Crippen LogP contribution in [0.5, 0.6) is 0 Å². The number of nitrogens with zero attached hydrogens (tertiary/aromatic N) is 3. The molecule has 0 spiro atoms. The maximum absolute atomic E-state index is 5.59. The highest BCUT2D eigenvalue weighted by molar-refractivity contribution is 5.61. The van der Waals surface area contributed by atoms with Crippen LogP contribution in [0.25, 0.3) is 0 Å². The molecule has 0 amide bonds. The molecule has 122 valence electrons. The highest BCUT2D eigenvalue weighted by Crippen LogP contribution is 2.26. The first-order valence-corrected chi connectivity index (χ1v) is 8.13. The minimum Gasteiger partial charge on any atom is -0.376 e. The lowest BCUT2D eigenvalue weighted by molar-refractivity contribution is 0.120. The van der Waals surface area contributed by atoms with E-state index in [1.807, 2.05) is 12.1 Å². The van der Waals surface area contributed by atoms with Crippen molar-refractivity contribution in [2.24, 2.45) is 0 Å². The Morgan fingerprint density at radius 2 is 2.17 bits per heavy atom. The van der Waals surface area contributed by atoms with Gasteiger partial charge in [0.1, 0.15) is 0 Å². The smallest absolute Gasteiger partial charge is 0.244 e. The molecule has 0 radical (unpaired) electrons. The molecule has 6 heteroatoms. The van der Waals surface area contributed by atoms with Gasteiger partial charge < -0.3 is 15.4 Å². The van der Waals surface area contributed by atoms with Crippen LogP contribution < -0.4 is 10.6 Å². The molecular formula is C17H23N5O. The fourth-order valence-electron chi connectivity index (χ4n) is 2.70. The number of hydrogen-bond donors (Lipinski definition) is 2. The Bertz CT molecular complexity index is 640. The normalized spacial score (nSPS) is 17.4. The molecule has 3 rings (SSSR count). The van der Waals surface area contributed by atoms with Gasteiger partial charge in [-0.2, -0.15) is 10.1 Å². The van der Waals surface area contributed by atoms with Gasteiger partial charge in [0, 0.05) is 18.8 Å². The second-order valence-corrected chi connectivity index (χ2v) is 6.05. The monoisotopic (exact) mass is 313 g/mol. The van der Waals surface area contributed by atoms with E-state index in [0.717, 1.165) is 25.1 Å². The zero-order valence-corrected chi connectivity index (χ0v) is 13.6. The average Bonchev–Trinajstić information content (AvgIpc) is 3.07. The van der Waals surface area contributed by atoms with E-state index in [4.69, 9.17) is 4.74 Å². The number of ether oxygens (including phenoxy) is 1. The average molecular weight is 313 g/mol. The molecule has 1 aromatic carbocycles. The Labute approximate surface area is 136 Å². The molecular weight excluding hydrogens is 290 g/mol. The summed E-state index contributed by atoms with van der Waals surface area (Å²) in [6.45, 7) is 5.91. The van der Waals surface area contributed by atoms with Crippen molar-refractivity contribution in [2.45, 2.75) is 38.7 Å². The van der Waals surface area contributed by atoms with Crippen LogP contribution in [-0.4, -0.2) is 34.4 Å². The standard InChI is InChI=1S/C17H23N5O/c1-12(2)14-7-3-4-8-15(14)20-16-11-19-22-17(21-16)18-10-13-6-5-9-23-13/h3-4,7-8,11-13H,5-6,9-10H2,1-2H3,(H2,18,20,21,22). The van der Waals surface area contributed by atoms with E-state index in [9.17, 15) is 0 Å². The number of rotatable bonds is 6. The summed E-state index contributed by atoms with van der Waals surface area (Å²) in [4.78, 5) is 4.48. The first-order chi connectivity index (χ1) is 11.2. The molecule has 1 atom stereocenters. The number of para-hydroxylation sites is 1.